The van der Waals surface area contributed by atoms with Crippen LogP contribution < -0.4 is 10.5 Å². The molecule has 0 aromatic carbocycles. The molecule has 2 heterocycles. The van der Waals surface area contributed by atoms with E-state index in [0.717, 1.165) is 34.3 Å². The van der Waals surface area contributed by atoms with E-state index < -0.39 is 0 Å². The molecule has 70 valence electrons. The summed E-state index contributed by atoms with van der Waals surface area (Å²) in [6.45, 7) is 1.05. The molecule has 0 amide bonds. The summed E-state index contributed by atoms with van der Waals surface area (Å²) in [5, 5.41) is 0. The zero-order valence-corrected chi connectivity index (χ0v) is 9.59. The first-order chi connectivity index (χ1) is 6.18. The molecule has 0 saturated carbocycles. The van der Waals surface area contributed by atoms with Gasteiger partial charge in [-0.2, -0.15) is 0 Å². The number of rotatable bonds is 0. The quantitative estimate of drug-likeness (QED) is 0.578. The first-order valence-corrected chi connectivity index (χ1v) is 5.39. The summed E-state index contributed by atoms with van der Waals surface area (Å²) >= 11 is 2.14. The number of anilines is 1. The summed E-state index contributed by atoms with van der Waals surface area (Å²) in [6, 6.07) is 2.04. The maximum Gasteiger partial charge on any atom is 0.254 e. The van der Waals surface area contributed by atoms with Crippen molar-refractivity contribution in [3.05, 3.63) is 25.7 Å². The molecule has 1 aliphatic rings. The summed E-state index contributed by atoms with van der Waals surface area (Å²) in [6.07, 6.45) is 1.99. The van der Waals surface area contributed by atoms with Gasteiger partial charge in [-0.05, 0) is 41.5 Å². The highest BCUT2D eigenvalue weighted by Crippen LogP contribution is 2.23. The first-order valence-electron chi connectivity index (χ1n) is 4.31. The summed E-state index contributed by atoms with van der Waals surface area (Å²) in [7, 11) is 2.04. The third-order valence-corrected chi connectivity index (χ3v) is 2.99. The van der Waals surface area contributed by atoms with Gasteiger partial charge in [0.2, 0.25) is 0 Å². The Hall–Kier alpha value is -0.520. The van der Waals surface area contributed by atoms with Gasteiger partial charge in [-0.3, -0.25) is 4.79 Å². The van der Waals surface area contributed by atoms with Crippen molar-refractivity contribution in [2.24, 2.45) is 0 Å². The lowest BCUT2D eigenvalue weighted by molar-refractivity contribution is 0.733. The lowest BCUT2D eigenvalue weighted by atomic mass is 10.0. The van der Waals surface area contributed by atoms with Crippen LogP contribution in [0.1, 0.15) is 12.0 Å². The number of pyridine rings is 1. The molecular formula is C9H11IN2O. The standard InChI is InChI=1S/C9H11IN2O/c1-12-4-2-3-6-7(12)5-8(10)11-9(6)13/h5H,2-4H2,1H3,(H,11,13). The SMILES string of the molecule is CN1CCCc2c1cc(I)[nH]c2=O. The number of nitrogens with zero attached hydrogens (tertiary/aromatic N) is 1. The van der Waals surface area contributed by atoms with Gasteiger partial charge < -0.3 is 9.88 Å². The van der Waals surface area contributed by atoms with E-state index >= 15 is 0 Å². The van der Waals surface area contributed by atoms with Crippen LogP contribution in [0.3, 0.4) is 0 Å². The maximum absolute atomic E-state index is 11.5. The number of aromatic nitrogens is 1. The number of fused-ring (bicyclic) bond motifs is 1. The number of aromatic amines is 1. The Bertz CT molecular complexity index is 386. The highest BCUT2D eigenvalue weighted by molar-refractivity contribution is 14.1. The van der Waals surface area contributed by atoms with E-state index in [0.29, 0.717) is 0 Å². The molecule has 0 bridgehead atoms. The second-order valence-corrected chi connectivity index (χ2v) is 4.50. The van der Waals surface area contributed by atoms with E-state index in [-0.39, 0.29) is 5.56 Å². The van der Waals surface area contributed by atoms with Crippen molar-refractivity contribution in [1.29, 1.82) is 0 Å². The van der Waals surface area contributed by atoms with Gasteiger partial charge in [-0.1, -0.05) is 0 Å². The van der Waals surface area contributed by atoms with Crippen LogP contribution >= 0.6 is 22.6 Å². The third kappa shape index (κ3) is 1.59. The first kappa shape index (κ1) is 9.05. The molecule has 0 saturated heterocycles. The molecule has 1 aromatic rings. The van der Waals surface area contributed by atoms with Crippen molar-refractivity contribution in [2.75, 3.05) is 18.5 Å². The summed E-state index contributed by atoms with van der Waals surface area (Å²) in [5.74, 6) is 0. The fraction of sp³-hybridized carbons (Fsp3) is 0.444. The van der Waals surface area contributed by atoms with E-state index in [4.69, 9.17) is 0 Å². The molecule has 0 atom stereocenters. The molecule has 13 heavy (non-hydrogen) atoms. The molecule has 0 radical (unpaired) electrons. The number of hydrogen-bond donors (Lipinski definition) is 1. The smallest absolute Gasteiger partial charge is 0.254 e. The normalized spacial score (nSPS) is 15.7. The summed E-state index contributed by atoms with van der Waals surface area (Å²) in [4.78, 5) is 16.5. The van der Waals surface area contributed by atoms with Gasteiger partial charge in [-0.25, -0.2) is 0 Å². The molecule has 0 fully saturated rings. The van der Waals surface area contributed by atoms with Crippen LogP contribution in [0, 0.1) is 3.70 Å². The largest absolute Gasteiger partial charge is 0.374 e. The number of hydrogen-bond acceptors (Lipinski definition) is 2. The van der Waals surface area contributed by atoms with E-state index in [1.807, 2.05) is 13.1 Å². The van der Waals surface area contributed by atoms with Crippen LogP contribution in [-0.2, 0) is 6.42 Å². The highest BCUT2D eigenvalue weighted by atomic mass is 127. The molecule has 3 nitrogen and oxygen atoms in total. The molecule has 4 heteroatoms. The van der Waals surface area contributed by atoms with Crippen molar-refractivity contribution in [3.8, 4) is 0 Å². The fourth-order valence-corrected chi connectivity index (χ4v) is 2.28. The van der Waals surface area contributed by atoms with Crippen molar-refractivity contribution < 1.29 is 0 Å². The van der Waals surface area contributed by atoms with Gasteiger partial charge in [0.05, 0.1) is 3.70 Å². The predicted octanol–water partition coefficient (Wildman–Crippen LogP) is 1.36. The molecule has 2 rings (SSSR count). The van der Waals surface area contributed by atoms with E-state index in [2.05, 4.69) is 32.5 Å². The van der Waals surface area contributed by atoms with Crippen LogP contribution in [0.15, 0.2) is 10.9 Å². The third-order valence-electron chi connectivity index (χ3n) is 2.41. The van der Waals surface area contributed by atoms with Crippen molar-refractivity contribution in [3.63, 3.8) is 0 Å². The lowest BCUT2D eigenvalue weighted by Crippen LogP contribution is -2.30. The minimum atomic E-state index is 0.0773. The van der Waals surface area contributed by atoms with Crippen molar-refractivity contribution in [2.45, 2.75) is 12.8 Å². The Morgan fingerprint density at radius 3 is 3.15 bits per heavy atom. The zero-order valence-electron chi connectivity index (χ0n) is 7.43. The second-order valence-electron chi connectivity index (χ2n) is 3.34. The molecule has 1 aromatic heterocycles. The topological polar surface area (TPSA) is 36.1 Å². The van der Waals surface area contributed by atoms with Crippen LogP contribution in [-0.4, -0.2) is 18.6 Å². The Morgan fingerprint density at radius 1 is 1.62 bits per heavy atom. The van der Waals surface area contributed by atoms with Gasteiger partial charge in [0.25, 0.3) is 5.56 Å². The number of nitrogens with one attached hydrogen (secondary N) is 1. The summed E-state index contributed by atoms with van der Waals surface area (Å²) in [5.41, 5.74) is 2.11. The predicted molar refractivity (Wildman–Crippen MR) is 61.4 cm³/mol. The Balaban J connectivity index is 2.63. The molecule has 1 aliphatic heterocycles. The van der Waals surface area contributed by atoms with Gasteiger partial charge in [0.15, 0.2) is 0 Å². The van der Waals surface area contributed by atoms with E-state index in [1.165, 1.54) is 0 Å². The van der Waals surface area contributed by atoms with Crippen molar-refractivity contribution >= 4 is 28.3 Å². The van der Waals surface area contributed by atoms with E-state index in [9.17, 15) is 4.79 Å². The zero-order chi connectivity index (χ0) is 9.42. The van der Waals surface area contributed by atoms with Crippen LogP contribution in [0.2, 0.25) is 0 Å². The van der Waals surface area contributed by atoms with Gasteiger partial charge >= 0.3 is 0 Å². The van der Waals surface area contributed by atoms with Gasteiger partial charge in [0, 0.05) is 24.8 Å². The van der Waals surface area contributed by atoms with Crippen LogP contribution in [0.5, 0.6) is 0 Å². The average molecular weight is 290 g/mol. The number of H-pyrrole nitrogens is 1. The van der Waals surface area contributed by atoms with Crippen LogP contribution in [0.25, 0.3) is 0 Å². The Morgan fingerprint density at radius 2 is 2.38 bits per heavy atom. The molecule has 0 spiro atoms. The summed E-state index contributed by atoms with van der Waals surface area (Å²) < 4.78 is 0.912. The molecule has 0 unspecified atom stereocenters. The average Bonchev–Trinajstić information content (AvgIpc) is 2.07. The minimum absolute atomic E-state index is 0.0773. The maximum atomic E-state index is 11.5. The lowest BCUT2D eigenvalue weighted by Gasteiger charge is -2.26. The highest BCUT2D eigenvalue weighted by Gasteiger charge is 2.16. The van der Waals surface area contributed by atoms with Crippen molar-refractivity contribution in [1.82, 2.24) is 4.98 Å². The van der Waals surface area contributed by atoms with Crippen LogP contribution in [0.4, 0.5) is 5.69 Å². The fourth-order valence-electron chi connectivity index (χ4n) is 1.74. The Labute approximate surface area is 90.3 Å². The van der Waals surface area contributed by atoms with Gasteiger partial charge in [-0.15, -0.1) is 0 Å². The van der Waals surface area contributed by atoms with E-state index in [1.54, 1.807) is 0 Å². The monoisotopic (exact) mass is 290 g/mol. The molecular weight excluding hydrogens is 279 g/mol. The second kappa shape index (κ2) is 3.32. The number of halogens is 1. The Kier molecular flexibility index (Phi) is 2.31. The molecule has 0 aliphatic carbocycles. The van der Waals surface area contributed by atoms with Gasteiger partial charge in [0.1, 0.15) is 0 Å². The molecule has 1 N–H and O–H groups in total. The minimum Gasteiger partial charge on any atom is -0.374 e.